The van der Waals surface area contributed by atoms with Crippen molar-refractivity contribution in [1.29, 1.82) is 0 Å². The van der Waals surface area contributed by atoms with E-state index in [0.29, 0.717) is 28.1 Å². The van der Waals surface area contributed by atoms with E-state index in [1.807, 2.05) is 18.2 Å². The van der Waals surface area contributed by atoms with Gasteiger partial charge in [-0.25, -0.2) is 14.6 Å². The van der Waals surface area contributed by atoms with Crippen molar-refractivity contribution in [2.24, 2.45) is 5.92 Å². The van der Waals surface area contributed by atoms with Crippen molar-refractivity contribution in [2.75, 3.05) is 18.1 Å². The zero-order valence-electron chi connectivity index (χ0n) is 19.1. The zero-order chi connectivity index (χ0) is 23.8. The van der Waals surface area contributed by atoms with Gasteiger partial charge in [-0.1, -0.05) is 54.2 Å². The number of nitrogens with one attached hydrogen (secondary N) is 2. The lowest BCUT2D eigenvalue weighted by atomic mass is 10.1. The van der Waals surface area contributed by atoms with Crippen molar-refractivity contribution >= 4 is 34.7 Å². The lowest BCUT2D eigenvalue weighted by Crippen LogP contribution is -2.36. The van der Waals surface area contributed by atoms with Gasteiger partial charge in [0.15, 0.2) is 22.1 Å². The first kappa shape index (κ1) is 23.0. The van der Waals surface area contributed by atoms with Gasteiger partial charge in [-0.05, 0) is 24.8 Å². The number of rotatable bonds is 8. The normalized spacial score (nSPS) is 28.2. The molecule has 2 heterocycles. The molecule has 1 aromatic carbocycles. The number of carbonyl (C=O) groups excluding carboxylic acids is 1. The van der Waals surface area contributed by atoms with Gasteiger partial charge in [-0.3, -0.25) is 4.79 Å². The summed E-state index contributed by atoms with van der Waals surface area (Å²) in [7, 11) is 1.52. The molecule has 3 aromatic rings. The van der Waals surface area contributed by atoms with Crippen LogP contribution in [0.15, 0.2) is 35.5 Å². The first-order chi connectivity index (χ1) is 16.5. The smallest absolute Gasteiger partial charge is 0.225 e. The van der Waals surface area contributed by atoms with Crippen LogP contribution < -0.4 is 10.6 Å². The fourth-order valence-corrected chi connectivity index (χ4v) is 5.38. The predicted molar refractivity (Wildman–Crippen MR) is 129 cm³/mol. The van der Waals surface area contributed by atoms with Crippen molar-refractivity contribution in [3.63, 3.8) is 0 Å². The Hall–Kier alpha value is -2.76. The van der Waals surface area contributed by atoms with Crippen LogP contribution >= 0.6 is 11.8 Å². The maximum absolute atomic E-state index is 12.2. The topological polar surface area (TPSA) is 138 Å². The molecule has 6 atom stereocenters. The van der Waals surface area contributed by atoms with Gasteiger partial charge in [-0.2, -0.15) is 0 Å². The summed E-state index contributed by atoms with van der Waals surface area (Å²) < 4.78 is 1.54. The first-order valence-electron chi connectivity index (χ1n) is 11.7. The van der Waals surface area contributed by atoms with Crippen molar-refractivity contribution < 1.29 is 15.0 Å². The average Bonchev–Trinajstić information content (AvgIpc) is 3.40. The molecule has 2 aliphatic rings. The quantitative estimate of drug-likeness (QED) is 0.279. The Morgan fingerprint density at radius 3 is 2.71 bits per heavy atom. The predicted octanol–water partition coefficient (Wildman–Crippen LogP) is 1.72. The lowest BCUT2D eigenvalue weighted by molar-refractivity contribution is -0.128. The highest BCUT2D eigenvalue weighted by atomic mass is 32.2. The third kappa shape index (κ3) is 4.23. The minimum absolute atomic E-state index is 0.239. The van der Waals surface area contributed by atoms with E-state index in [1.54, 1.807) is 11.8 Å². The van der Waals surface area contributed by atoms with Crippen molar-refractivity contribution in [2.45, 2.75) is 61.6 Å². The summed E-state index contributed by atoms with van der Waals surface area (Å²) in [6.45, 7) is 2.10. The van der Waals surface area contributed by atoms with Gasteiger partial charge in [0, 0.05) is 24.8 Å². The highest BCUT2D eigenvalue weighted by Crippen LogP contribution is 2.43. The lowest BCUT2D eigenvalue weighted by Gasteiger charge is -2.17. The summed E-state index contributed by atoms with van der Waals surface area (Å²) in [4.78, 5) is 21.6. The van der Waals surface area contributed by atoms with Crippen molar-refractivity contribution in [1.82, 2.24) is 30.3 Å². The summed E-state index contributed by atoms with van der Waals surface area (Å²) >= 11 is 1.55. The molecule has 2 aliphatic carbocycles. The van der Waals surface area contributed by atoms with Crippen LogP contribution in [-0.2, 0) is 4.79 Å². The van der Waals surface area contributed by atoms with E-state index in [1.165, 1.54) is 17.3 Å². The second-order valence-electron chi connectivity index (χ2n) is 8.92. The number of hydrogen-bond donors (Lipinski definition) is 4. The Balaban J connectivity index is 1.46. The first-order valence-corrected chi connectivity index (χ1v) is 12.6. The molecule has 2 saturated carbocycles. The zero-order valence-corrected chi connectivity index (χ0v) is 19.9. The number of hydrogen-bond acceptors (Lipinski definition) is 9. The molecule has 0 saturated heterocycles. The summed E-state index contributed by atoms with van der Waals surface area (Å²) in [6, 6.07) is 10.0. The second kappa shape index (κ2) is 9.47. The van der Waals surface area contributed by atoms with Crippen LogP contribution in [0.3, 0.4) is 0 Å². The number of carbonyl (C=O) groups is 1. The maximum Gasteiger partial charge on any atom is 0.225 e. The summed E-state index contributed by atoms with van der Waals surface area (Å²) in [5.41, 5.74) is 2.30. The molecule has 2 fully saturated rings. The molecule has 34 heavy (non-hydrogen) atoms. The number of amides is 1. The fourth-order valence-electron chi connectivity index (χ4n) is 4.69. The van der Waals surface area contributed by atoms with E-state index in [-0.39, 0.29) is 18.4 Å². The van der Waals surface area contributed by atoms with Crippen LogP contribution in [0.2, 0.25) is 0 Å². The third-order valence-corrected chi connectivity index (χ3v) is 7.68. The van der Waals surface area contributed by atoms with Gasteiger partial charge >= 0.3 is 0 Å². The number of aliphatic hydroxyl groups is 2. The van der Waals surface area contributed by atoms with Crippen LogP contribution in [0.1, 0.15) is 43.7 Å². The molecular weight excluding hydrogens is 454 g/mol. The molecular formula is C23H29N7O3S. The molecule has 0 bridgehead atoms. The molecule has 0 aliphatic heterocycles. The van der Waals surface area contributed by atoms with E-state index in [2.05, 4.69) is 45.0 Å². The molecule has 0 spiro atoms. The number of thioether (sulfide) groups is 1. The molecule has 5 rings (SSSR count). The van der Waals surface area contributed by atoms with Crippen LogP contribution in [0.5, 0.6) is 0 Å². The standard InChI is InChI=1S/C23H29N7O3S/c1-3-9-34-23-26-20(25-15-10-13(15)12-7-5-4-6-8-12)17-21(27-23)30(29-28-17)16-11-14(22(33)24-2)18(31)19(16)32/h4-8,13-16,18-19,31-32H,3,9-11H2,1-2H3,(H,24,33)(H,25,26,27)/t13?,14-,15?,16+,18+,19-/m1/s1. The Morgan fingerprint density at radius 1 is 1.18 bits per heavy atom. The summed E-state index contributed by atoms with van der Waals surface area (Å²) in [6.07, 6.45) is -0.120. The number of fused-ring (bicyclic) bond motifs is 1. The molecule has 180 valence electrons. The van der Waals surface area contributed by atoms with Crippen LogP contribution in [0.25, 0.3) is 11.2 Å². The fraction of sp³-hybridized carbons (Fsp3) is 0.522. The van der Waals surface area contributed by atoms with E-state index in [0.717, 1.165) is 18.6 Å². The number of anilines is 1. The molecule has 2 aromatic heterocycles. The van der Waals surface area contributed by atoms with E-state index in [9.17, 15) is 15.0 Å². The molecule has 10 nitrogen and oxygen atoms in total. The van der Waals surface area contributed by atoms with Gasteiger partial charge in [0.25, 0.3) is 0 Å². The maximum atomic E-state index is 12.2. The number of benzene rings is 1. The van der Waals surface area contributed by atoms with Gasteiger partial charge in [0.2, 0.25) is 5.91 Å². The Morgan fingerprint density at radius 2 is 1.97 bits per heavy atom. The largest absolute Gasteiger partial charge is 0.390 e. The monoisotopic (exact) mass is 483 g/mol. The Bertz CT molecular complexity index is 1170. The van der Waals surface area contributed by atoms with Crippen LogP contribution in [0, 0.1) is 5.92 Å². The van der Waals surface area contributed by atoms with Crippen molar-refractivity contribution in [3.05, 3.63) is 35.9 Å². The van der Waals surface area contributed by atoms with Crippen molar-refractivity contribution in [3.8, 4) is 0 Å². The van der Waals surface area contributed by atoms with Gasteiger partial charge in [-0.15, -0.1) is 5.10 Å². The average molecular weight is 484 g/mol. The van der Waals surface area contributed by atoms with E-state index >= 15 is 0 Å². The molecule has 2 unspecified atom stereocenters. The highest BCUT2D eigenvalue weighted by Gasteiger charge is 2.47. The molecule has 11 heteroatoms. The SMILES string of the molecule is CCCSc1nc(NC2CC2c2ccccc2)c2nnn([C@H]3C[C@@H](C(=O)NC)[C@H](O)[C@@H]3O)c2n1. The van der Waals surface area contributed by atoms with Gasteiger partial charge in [0.05, 0.1) is 18.1 Å². The minimum Gasteiger partial charge on any atom is -0.390 e. The molecule has 0 radical (unpaired) electrons. The van der Waals surface area contributed by atoms with Gasteiger partial charge < -0.3 is 20.8 Å². The second-order valence-corrected chi connectivity index (χ2v) is 9.98. The summed E-state index contributed by atoms with van der Waals surface area (Å²) in [5, 5.41) is 36.5. The highest BCUT2D eigenvalue weighted by molar-refractivity contribution is 7.99. The van der Waals surface area contributed by atoms with E-state index in [4.69, 9.17) is 4.98 Å². The van der Waals surface area contributed by atoms with Gasteiger partial charge in [0.1, 0.15) is 6.10 Å². The third-order valence-electron chi connectivity index (χ3n) is 6.63. The number of nitrogens with zero attached hydrogens (tertiary/aromatic N) is 5. The molecule has 4 N–H and O–H groups in total. The number of aromatic nitrogens is 5. The van der Waals surface area contributed by atoms with Crippen LogP contribution in [0.4, 0.5) is 5.82 Å². The summed E-state index contributed by atoms with van der Waals surface area (Å²) in [5.74, 6) is 0.861. The van der Waals surface area contributed by atoms with E-state index < -0.39 is 24.2 Å². The Kier molecular flexibility index (Phi) is 6.41. The van der Waals surface area contributed by atoms with Crippen LogP contribution in [-0.4, -0.2) is 72.1 Å². The Labute approximate surface area is 201 Å². The number of aliphatic hydroxyl groups excluding tert-OH is 2. The minimum atomic E-state index is -1.18. The molecule has 1 amide bonds.